The van der Waals surface area contributed by atoms with E-state index in [2.05, 4.69) is 51.5 Å². The van der Waals surface area contributed by atoms with E-state index in [0.717, 1.165) is 89.9 Å². The Morgan fingerprint density at radius 2 is 1.90 bits per heavy atom. The highest BCUT2D eigenvalue weighted by molar-refractivity contribution is 14.0. The quantitative estimate of drug-likeness (QED) is 0.204. The van der Waals surface area contributed by atoms with Gasteiger partial charge in [-0.2, -0.15) is 0 Å². The summed E-state index contributed by atoms with van der Waals surface area (Å²) in [6.07, 6.45) is 4.71. The van der Waals surface area contributed by atoms with Gasteiger partial charge in [-0.05, 0) is 31.7 Å². The number of ether oxygens (including phenoxy) is 1. The van der Waals surface area contributed by atoms with Crippen LogP contribution in [0.3, 0.4) is 0 Å². The number of aromatic nitrogens is 1. The van der Waals surface area contributed by atoms with Gasteiger partial charge in [-0.25, -0.2) is 0 Å². The highest BCUT2D eigenvalue weighted by Gasteiger charge is 2.20. The monoisotopic (exact) mass is 541 g/mol. The molecule has 0 radical (unpaired) electrons. The van der Waals surface area contributed by atoms with Crippen molar-refractivity contribution in [3.05, 3.63) is 53.9 Å². The maximum atomic E-state index is 5.77. The number of rotatable bonds is 11. The number of piperazine rings is 1. The number of halogens is 1. The molecular weight excluding hydrogens is 505 g/mol. The van der Waals surface area contributed by atoms with Gasteiger partial charge in [0.15, 0.2) is 5.96 Å². The van der Waals surface area contributed by atoms with Crippen LogP contribution in [0, 0.1) is 0 Å². The molecule has 172 valence electrons. The molecule has 31 heavy (non-hydrogen) atoms. The normalized spacial score (nSPS) is 15.0. The Labute approximate surface area is 203 Å². The first kappa shape index (κ1) is 25.6. The smallest absolute Gasteiger partial charge is 0.194 e. The lowest BCUT2D eigenvalue weighted by atomic mass is 10.2. The third-order valence-corrected chi connectivity index (χ3v) is 5.22. The van der Waals surface area contributed by atoms with Crippen LogP contribution < -0.4 is 5.32 Å². The minimum atomic E-state index is 0. The molecule has 1 N–H and O–H groups in total. The SMILES string of the molecule is CCNC(=NCCCCOCCc1ccccc1)N1CCN(Cc2ccon2)CC1.I. The third kappa shape index (κ3) is 9.57. The summed E-state index contributed by atoms with van der Waals surface area (Å²) in [6, 6.07) is 12.4. The molecule has 2 heterocycles. The molecule has 0 amide bonds. The number of unbranched alkanes of at least 4 members (excludes halogenated alkanes) is 1. The average molecular weight is 541 g/mol. The zero-order chi connectivity index (χ0) is 20.9. The maximum absolute atomic E-state index is 5.77. The molecule has 1 aromatic carbocycles. The van der Waals surface area contributed by atoms with Crippen molar-refractivity contribution >= 4 is 29.9 Å². The Kier molecular flexibility index (Phi) is 12.6. The van der Waals surface area contributed by atoms with Crippen LogP contribution in [0.25, 0.3) is 0 Å². The van der Waals surface area contributed by atoms with Gasteiger partial charge >= 0.3 is 0 Å². The van der Waals surface area contributed by atoms with E-state index < -0.39 is 0 Å². The first-order chi connectivity index (χ1) is 14.8. The second kappa shape index (κ2) is 15.2. The molecule has 0 saturated carbocycles. The zero-order valence-electron chi connectivity index (χ0n) is 18.5. The van der Waals surface area contributed by atoms with E-state index in [0.29, 0.717) is 0 Å². The molecule has 0 bridgehead atoms. The molecule has 1 aromatic heterocycles. The molecule has 0 unspecified atom stereocenters. The van der Waals surface area contributed by atoms with Gasteiger partial charge in [-0.15, -0.1) is 24.0 Å². The Balaban J connectivity index is 0.00000341. The van der Waals surface area contributed by atoms with E-state index in [1.807, 2.05) is 12.1 Å². The lowest BCUT2D eigenvalue weighted by Crippen LogP contribution is -2.52. The average Bonchev–Trinajstić information content (AvgIpc) is 3.29. The standard InChI is InChI=1S/C23H35N5O2.HI/c1-2-24-23(28-15-13-27(14-16-28)20-22-11-19-30-26-22)25-12-6-7-17-29-18-10-21-8-4-3-5-9-21;/h3-5,8-9,11,19H,2,6-7,10,12-18,20H2,1H3,(H,24,25);1H. The van der Waals surface area contributed by atoms with Crippen molar-refractivity contribution in [2.75, 3.05) is 52.5 Å². The summed E-state index contributed by atoms with van der Waals surface area (Å²) < 4.78 is 10.7. The predicted molar refractivity (Wildman–Crippen MR) is 135 cm³/mol. The largest absolute Gasteiger partial charge is 0.381 e. The van der Waals surface area contributed by atoms with Gasteiger partial charge in [0.1, 0.15) is 6.26 Å². The highest BCUT2D eigenvalue weighted by atomic mass is 127. The van der Waals surface area contributed by atoms with Gasteiger partial charge in [0.05, 0.1) is 12.3 Å². The molecule has 1 aliphatic rings. The molecule has 8 heteroatoms. The second-order valence-electron chi connectivity index (χ2n) is 7.54. The van der Waals surface area contributed by atoms with Crippen LogP contribution >= 0.6 is 24.0 Å². The van der Waals surface area contributed by atoms with Crippen molar-refractivity contribution in [2.45, 2.75) is 32.7 Å². The zero-order valence-corrected chi connectivity index (χ0v) is 20.9. The van der Waals surface area contributed by atoms with E-state index in [1.165, 1.54) is 5.56 Å². The van der Waals surface area contributed by atoms with Crippen LogP contribution in [-0.4, -0.2) is 73.4 Å². The maximum Gasteiger partial charge on any atom is 0.194 e. The van der Waals surface area contributed by atoms with Crippen LogP contribution in [-0.2, 0) is 17.7 Å². The van der Waals surface area contributed by atoms with E-state index in [1.54, 1.807) is 6.26 Å². The van der Waals surface area contributed by atoms with Crippen LogP contribution in [0.1, 0.15) is 31.0 Å². The molecule has 0 aliphatic carbocycles. The topological polar surface area (TPSA) is 66.1 Å². The summed E-state index contributed by atoms with van der Waals surface area (Å²) in [6.45, 7) is 10.3. The van der Waals surface area contributed by atoms with E-state index >= 15 is 0 Å². The van der Waals surface area contributed by atoms with Crippen LogP contribution in [0.15, 0.2) is 52.2 Å². The number of hydrogen-bond donors (Lipinski definition) is 1. The van der Waals surface area contributed by atoms with Crippen LogP contribution in [0.2, 0.25) is 0 Å². The number of hydrogen-bond acceptors (Lipinski definition) is 5. The molecule has 7 nitrogen and oxygen atoms in total. The van der Waals surface area contributed by atoms with Gasteiger partial charge < -0.3 is 19.5 Å². The van der Waals surface area contributed by atoms with E-state index in [9.17, 15) is 0 Å². The van der Waals surface area contributed by atoms with Gasteiger partial charge in [0, 0.05) is 58.5 Å². The first-order valence-electron chi connectivity index (χ1n) is 11.1. The van der Waals surface area contributed by atoms with Crippen LogP contribution in [0.5, 0.6) is 0 Å². The fourth-order valence-corrected chi connectivity index (χ4v) is 3.53. The Morgan fingerprint density at radius 1 is 1.10 bits per heavy atom. The van der Waals surface area contributed by atoms with Gasteiger partial charge in [0.2, 0.25) is 0 Å². The lowest BCUT2D eigenvalue weighted by molar-refractivity contribution is 0.133. The molecular formula is C23H36IN5O2. The van der Waals surface area contributed by atoms with E-state index in [-0.39, 0.29) is 24.0 Å². The lowest BCUT2D eigenvalue weighted by Gasteiger charge is -2.36. The van der Waals surface area contributed by atoms with Gasteiger partial charge in [-0.3, -0.25) is 9.89 Å². The minimum Gasteiger partial charge on any atom is -0.381 e. The van der Waals surface area contributed by atoms with Gasteiger partial charge in [-0.1, -0.05) is 35.5 Å². The molecule has 1 aliphatic heterocycles. The summed E-state index contributed by atoms with van der Waals surface area (Å²) in [5.41, 5.74) is 2.33. The number of nitrogens with zero attached hydrogens (tertiary/aromatic N) is 4. The summed E-state index contributed by atoms with van der Waals surface area (Å²) in [7, 11) is 0. The molecule has 3 rings (SSSR count). The first-order valence-corrected chi connectivity index (χ1v) is 11.1. The number of aliphatic imine (C=N–C) groups is 1. The fraction of sp³-hybridized carbons (Fsp3) is 0.565. The van der Waals surface area contributed by atoms with Crippen molar-refractivity contribution in [3.8, 4) is 0 Å². The highest BCUT2D eigenvalue weighted by Crippen LogP contribution is 2.07. The number of benzene rings is 1. The van der Waals surface area contributed by atoms with Crippen molar-refractivity contribution < 1.29 is 9.26 Å². The fourth-order valence-electron chi connectivity index (χ4n) is 3.53. The molecule has 0 atom stereocenters. The van der Waals surface area contributed by atoms with Crippen LogP contribution in [0.4, 0.5) is 0 Å². The van der Waals surface area contributed by atoms with Crippen molar-refractivity contribution in [1.29, 1.82) is 0 Å². The second-order valence-corrected chi connectivity index (χ2v) is 7.54. The Hall–Kier alpha value is -1.65. The van der Waals surface area contributed by atoms with Crippen molar-refractivity contribution in [1.82, 2.24) is 20.3 Å². The molecule has 1 saturated heterocycles. The number of guanidine groups is 1. The minimum absolute atomic E-state index is 0. The third-order valence-electron chi connectivity index (χ3n) is 5.22. The Bertz CT molecular complexity index is 719. The molecule has 1 fully saturated rings. The Morgan fingerprint density at radius 3 is 2.61 bits per heavy atom. The summed E-state index contributed by atoms with van der Waals surface area (Å²) in [5.74, 6) is 1.03. The van der Waals surface area contributed by atoms with Gasteiger partial charge in [0.25, 0.3) is 0 Å². The molecule has 0 spiro atoms. The summed E-state index contributed by atoms with van der Waals surface area (Å²) in [4.78, 5) is 9.60. The number of nitrogens with one attached hydrogen (secondary N) is 1. The summed E-state index contributed by atoms with van der Waals surface area (Å²) >= 11 is 0. The predicted octanol–water partition coefficient (Wildman–Crippen LogP) is 3.42. The van der Waals surface area contributed by atoms with E-state index in [4.69, 9.17) is 14.3 Å². The summed E-state index contributed by atoms with van der Waals surface area (Å²) in [5, 5.41) is 7.45. The van der Waals surface area contributed by atoms with Crippen molar-refractivity contribution in [3.63, 3.8) is 0 Å². The molecule has 2 aromatic rings. The van der Waals surface area contributed by atoms with Crippen molar-refractivity contribution in [2.24, 2.45) is 4.99 Å².